The molecule has 1 saturated carbocycles. The lowest BCUT2D eigenvalue weighted by Gasteiger charge is -2.30. The van der Waals surface area contributed by atoms with Crippen LogP contribution in [-0.4, -0.2) is 31.3 Å². The fourth-order valence-electron chi connectivity index (χ4n) is 2.36. The lowest BCUT2D eigenvalue weighted by atomic mass is 9.85. The second kappa shape index (κ2) is 6.18. The maximum atomic E-state index is 4.04. The smallest absolute Gasteiger partial charge is 0.209 e. The molecule has 17 heavy (non-hydrogen) atoms. The normalized spacial score (nSPS) is 20.1. The van der Waals surface area contributed by atoms with Crippen molar-refractivity contribution >= 4 is 27.7 Å². The van der Waals surface area contributed by atoms with Crippen LogP contribution in [0.4, 0.5) is 0 Å². The first kappa shape index (κ1) is 13.3. The SMILES string of the molecule is Cn1nnnc1SCC1(CBr)CCCCCC1. The van der Waals surface area contributed by atoms with Gasteiger partial charge < -0.3 is 0 Å². The summed E-state index contributed by atoms with van der Waals surface area (Å²) in [7, 11) is 1.90. The van der Waals surface area contributed by atoms with Crippen molar-refractivity contribution in [3.8, 4) is 0 Å². The first-order valence-electron chi connectivity index (χ1n) is 6.17. The third-order valence-electron chi connectivity index (χ3n) is 3.54. The molecule has 96 valence electrons. The zero-order chi connectivity index (χ0) is 12.1. The van der Waals surface area contributed by atoms with Gasteiger partial charge in [-0.25, -0.2) is 4.68 Å². The van der Waals surface area contributed by atoms with Gasteiger partial charge in [-0.15, -0.1) is 5.10 Å². The second-order valence-electron chi connectivity index (χ2n) is 4.92. The Bertz CT molecular complexity index is 347. The first-order valence-corrected chi connectivity index (χ1v) is 8.28. The monoisotopic (exact) mass is 318 g/mol. The number of hydrogen-bond donors (Lipinski definition) is 0. The van der Waals surface area contributed by atoms with Gasteiger partial charge in [-0.3, -0.25) is 0 Å². The van der Waals surface area contributed by atoms with Gasteiger partial charge >= 0.3 is 0 Å². The maximum Gasteiger partial charge on any atom is 0.209 e. The highest BCUT2D eigenvalue weighted by Gasteiger charge is 2.30. The van der Waals surface area contributed by atoms with E-state index in [0.29, 0.717) is 5.41 Å². The lowest BCUT2D eigenvalue weighted by molar-refractivity contribution is 0.334. The lowest BCUT2D eigenvalue weighted by Crippen LogP contribution is -2.25. The number of thioether (sulfide) groups is 1. The largest absolute Gasteiger partial charge is 0.224 e. The predicted octanol–water partition coefficient (Wildman–Crippen LogP) is 3.04. The molecule has 1 fully saturated rings. The molecule has 6 heteroatoms. The minimum atomic E-state index is 0.438. The Balaban J connectivity index is 1.96. The van der Waals surface area contributed by atoms with Gasteiger partial charge in [0.2, 0.25) is 5.16 Å². The molecule has 1 aromatic rings. The fraction of sp³-hybridized carbons (Fsp3) is 0.909. The van der Waals surface area contributed by atoms with Crippen molar-refractivity contribution in [3.05, 3.63) is 0 Å². The standard InChI is InChI=1S/C11H19BrN4S/c1-16-10(13-14-15-16)17-9-11(8-12)6-4-2-3-5-7-11/h2-9H2,1H3. The Morgan fingerprint density at radius 3 is 2.53 bits per heavy atom. The van der Waals surface area contributed by atoms with Crippen molar-refractivity contribution in [3.63, 3.8) is 0 Å². The molecule has 0 bridgehead atoms. The summed E-state index contributed by atoms with van der Waals surface area (Å²) in [6.45, 7) is 0. The molecular formula is C11H19BrN4S. The van der Waals surface area contributed by atoms with Gasteiger partial charge in [-0.2, -0.15) is 0 Å². The number of hydrogen-bond acceptors (Lipinski definition) is 4. The summed E-state index contributed by atoms with van der Waals surface area (Å²) in [6.07, 6.45) is 8.18. The molecular weight excluding hydrogens is 300 g/mol. The van der Waals surface area contributed by atoms with Gasteiger partial charge in [0.05, 0.1) is 0 Å². The molecule has 0 N–H and O–H groups in total. The quantitative estimate of drug-likeness (QED) is 0.486. The van der Waals surface area contributed by atoms with Crippen molar-refractivity contribution in [2.75, 3.05) is 11.1 Å². The summed E-state index contributed by atoms with van der Waals surface area (Å²) in [5.41, 5.74) is 0.438. The van der Waals surface area contributed by atoms with E-state index in [4.69, 9.17) is 0 Å². The van der Waals surface area contributed by atoms with Crippen LogP contribution >= 0.6 is 27.7 Å². The van der Waals surface area contributed by atoms with Crippen molar-refractivity contribution < 1.29 is 0 Å². The Hall–Kier alpha value is -0.100. The van der Waals surface area contributed by atoms with Gasteiger partial charge in [0.1, 0.15) is 0 Å². The summed E-state index contributed by atoms with van der Waals surface area (Å²) < 4.78 is 1.75. The number of halogens is 1. The van der Waals surface area contributed by atoms with Crippen LogP contribution in [0.15, 0.2) is 5.16 Å². The molecule has 1 aromatic heterocycles. The molecule has 0 radical (unpaired) electrons. The number of rotatable bonds is 4. The van der Waals surface area contributed by atoms with Gasteiger partial charge in [-0.05, 0) is 28.7 Å². The molecule has 0 unspecified atom stereocenters. The van der Waals surface area contributed by atoms with Crippen LogP contribution in [-0.2, 0) is 7.05 Å². The highest BCUT2D eigenvalue weighted by molar-refractivity contribution is 9.09. The van der Waals surface area contributed by atoms with Crippen LogP contribution in [0.2, 0.25) is 0 Å². The first-order chi connectivity index (χ1) is 8.26. The van der Waals surface area contributed by atoms with Crippen molar-refractivity contribution in [1.82, 2.24) is 20.2 Å². The molecule has 1 aliphatic carbocycles. The number of alkyl halides is 1. The van der Waals surface area contributed by atoms with E-state index >= 15 is 0 Å². The summed E-state index contributed by atoms with van der Waals surface area (Å²) in [5, 5.41) is 13.6. The Morgan fingerprint density at radius 2 is 2.00 bits per heavy atom. The zero-order valence-corrected chi connectivity index (χ0v) is 12.6. The van der Waals surface area contributed by atoms with Gasteiger partial charge in [0.15, 0.2) is 0 Å². The third kappa shape index (κ3) is 3.44. The van der Waals surface area contributed by atoms with Crippen molar-refractivity contribution in [1.29, 1.82) is 0 Å². The fourth-order valence-corrected chi connectivity index (χ4v) is 4.52. The van der Waals surface area contributed by atoms with E-state index in [1.165, 1.54) is 38.5 Å². The number of aryl methyl sites for hydroxylation is 1. The Labute approximate surface area is 115 Å². The van der Waals surface area contributed by atoms with E-state index in [1.54, 1.807) is 16.4 Å². The van der Waals surface area contributed by atoms with Crippen molar-refractivity contribution in [2.24, 2.45) is 12.5 Å². The molecule has 0 amide bonds. The zero-order valence-electron chi connectivity index (χ0n) is 10.2. The Kier molecular flexibility index (Phi) is 4.85. The van der Waals surface area contributed by atoms with Crippen LogP contribution in [0.25, 0.3) is 0 Å². The van der Waals surface area contributed by atoms with Gasteiger partial charge in [-0.1, -0.05) is 53.4 Å². The minimum Gasteiger partial charge on any atom is -0.224 e. The average Bonchev–Trinajstić information content (AvgIpc) is 2.63. The molecule has 1 aliphatic rings. The van der Waals surface area contributed by atoms with E-state index in [2.05, 4.69) is 31.5 Å². The molecule has 1 heterocycles. The van der Waals surface area contributed by atoms with E-state index < -0.39 is 0 Å². The third-order valence-corrected chi connectivity index (χ3v) is 6.09. The number of tetrazole rings is 1. The molecule has 2 rings (SSSR count). The Morgan fingerprint density at radius 1 is 1.29 bits per heavy atom. The minimum absolute atomic E-state index is 0.438. The van der Waals surface area contributed by atoms with Crippen LogP contribution in [0, 0.1) is 5.41 Å². The molecule has 0 aliphatic heterocycles. The molecule has 0 saturated heterocycles. The highest BCUT2D eigenvalue weighted by atomic mass is 79.9. The molecule has 0 atom stereocenters. The summed E-state index contributed by atoms with van der Waals surface area (Å²) in [4.78, 5) is 0. The van der Waals surface area contributed by atoms with E-state index in [0.717, 1.165) is 16.2 Å². The van der Waals surface area contributed by atoms with E-state index in [-0.39, 0.29) is 0 Å². The molecule has 0 aromatic carbocycles. The maximum absolute atomic E-state index is 4.04. The highest BCUT2D eigenvalue weighted by Crippen LogP contribution is 2.40. The van der Waals surface area contributed by atoms with Crippen LogP contribution < -0.4 is 0 Å². The van der Waals surface area contributed by atoms with Crippen molar-refractivity contribution in [2.45, 2.75) is 43.7 Å². The topological polar surface area (TPSA) is 43.6 Å². The number of aromatic nitrogens is 4. The van der Waals surface area contributed by atoms with E-state index in [9.17, 15) is 0 Å². The van der Waals surface area contributed by atoms with E-state index in [1.807, 2.05) is 7.05 Å². The van der Waals surface area contributed by atoms with Crippen LogP contribution in [0.3, 0.4) is 0 Å². The van der Waals surface area contributed by atoms with Crippen LogP contribution in [0.1, 0.15) is 38.5 Å². The molecule has 0 spiro atoms. The summed E-state index contributed by atoms with van der Waals surface area (Å²) in [5.74, 6) is 1.12. The number of nitrogens with zero attached hydrogens (tertiary/aromatic N) is 4. The van der Waals surface area contributed by atoms with Gasteiger partial charge in [0.25, 0.3) is 0 Å². The average molecular weight is 319 g/mol. The predicted molar refractivity (Wildman–Crippen MR) is 73.5 cm³/mol. The van der Waals surface area contributed by atoms with Crippen LogP contribution in [0.5, 0.6) is 0 Å². The van der Waals surface area contributed by atoms with Gasteiger partial charge in [0, 0.05) is 18.1 Å². The molecule has 4 nitrogen and oxygen atoms in total. The summed E-state index contributed by atoms with van der Waals surface area (Å²) >= 11 is 5.50. The second-order valence-corrected chi connectivity index (χ2v) is 6.42. The summed E-state index contributed by atoms with van der Waals surface area (Å²) in [6, 6.07) is 0.